The first-order valence-electron chi connectivity index (χ1n) is 7.21. The lowest BCUT2D eigenvalue weighted by Gasteiger charge is -2.19. The van der Waals surface area contributed by atoms with E-state index < -0.39 is 36.6 Å². The van der Waals surface area contributed by atoms with Crippen molar-refractivity contribution in [3.05, 3.63) is 35.9 Å². The van der Waals surface area contributed by atoms with Crippen LogP contribution in [-0.4, -0.2) is 42.0 Å². The molecule has 1 aromatic rings. The fraction of sp³-hybridized carbons (Fsp3) is 0.467. The van der Waals surface area contributed by atoms with E-state index in [1.54, 1.807) is 24.3 Å². The smallest absolute Gasteiger partial charge is 0.344 e. The van der Waals surface area contributed by atoms with Gasteiger partial charge in [-0.05, 0) is 12.0 Å². The molecule has 126 valence electrons. The first-order chi connectivity index (χ1) is 10.8. The van der Waals surface area contributed by atoms with Gasteiger partial charge in [0.05, 0.1) is 0 Å². The first-order valence-corrected chi connectivity index (χ1v) is 7.21. The van der Waals surface area contributed by atoms with Gasteiger partial charge in [-0.15, -0.1) is 0 Å². The summed E-state index contributed by atoms with van der Waals surface area (Å²) in [5.41, 5.74) is 6.69. The van der Waals surface area contributed by atoms with Crippen LogP contribution in [0.25, 0.3) is 0 Å². The Morgan fingerprint density at radius 2 is 2.00 bits per heavy atom. The average Bonchev–Trinajstić information content (AvgIpc) is 2.79. The van der Waals surface area contributed by atoms with Crippen LogP contribution >= 0.6 is 0 Å². The maximum atomic E-state index is 12.3. The van der Waals surface area contributed by atoms with E-state index in [-0.39, 0.29) is 19.4 Å². The summed E-state index contributed by atoms with van der Waals surface area (Å²) in [6.07, 6.45) is -4.31. The number of amides is 2. The van der Waals surface area contributed by atoms with Crippen LogP contribution in [0.4, 0.5) is 13.2 Å². The van der Waals surface area contributed by atoms with Crippen molar-refractivity contribution in [1.29, 1.82) is 0 Å². The minimum Gasteiger partial charge on any atom is -0.344 e. The van der Waals surface area contributed by atoms with Crippen LogP contribution in [0.5, 0.6) is 0 Å². The first kappa shape index (κ1) is 17.3. The van der Waals surface area contributed by atoms with Gasteiger partial charge in [-0.3, -0.25) is 9.59 Å². The van der Waals surface area contributed by atoms with Crippen molar-refractivity contribution in [3.8, 4) is 0 Å². The van der Waals surface area contributed by atoms with Gasteiger partial charge in [0, 0.05) is 19.0 Å². The third kappa shape index (κ3) is 4.95. The number of hydrogen-bond donors (Lipinski definition) is 2. The van der Waals surface area contributed by atoms with Crippen molar-refractivity contribution < 1.29 is 22.8 Å². The zero-order chi connectivity index (χ0) is 17.0. The normalized spacial score (nSPS) is 19.7. The quantitative estimate of drug-likeness (QED) is 0.856. The predicted octanol–water partition coefficient (Wildman–Crippen LogP) is 1.36. The highest BCUT2D eigenvalue weighted by molar-refractivity contribution is 5.89. The van der Waals surface area contributed by atoms with E-state index in [0.717, 1.165) is 5.56 Å². The van der Waals surface area contributed by atoms with Gasteiger partial charge >= 0.3 is 6.18 Å². The molecule has 5 nitrogen and oxygen atoms in total. The molecule has 1 saturated heterocycles. The third-order valence-corrected chi connectivity index (χ3v) is 3.64. The third-order valence-electron chi connectivity index (χ3n) is 3.64. The zero-order valence-corrected chi connectivity index (χ0v) is 12.3. The van der Waals surface area contributed by atoms with Gasteiger partial charge in [0.15, 0.2) is 0 Å². The van der Waals surface area contributed by atoms with Gasteiger partial charge in [0.25, 0.3) is 0 Å². The second-order valence-corrected chi connectivity index (χ2v) is 5.51. The van der Waals surface area contributed by atoms with E-state index in [0.29, 0.717) is 4.90 Å². The van der Waals surface area contributed by atoms with Gasteiger partial charge in [0.2, 0.25) is 11.8 Å². The molecule has 8 heteroatoms. The van der Waals surface area contributed by atoms with Crippen molar-refractivity contribution in [2.24, 2.45) is 5.73 Å². The number of rotatable bonds is 5. The molecule has 0 radical (unpaired) electrons. The number of nitrogens with one attached hydrogen (secondary N) is 1. The summed E-state index contributed by atoms with van der Waals surface area (Å²) in [5.74, 6) is -1.16. The molecule has 2 amide bonds. The second kappa shape index (κ2) is 6.99. The Kier molecular flexibility index (Phi) is 5.25. The van der Waals surface area contributed by atoms with Crippen LogP contribution < -0.4 is 11.1 Å². The van der Waals surface area contributed by atoms with Gasteiger partial charge in [0.1, 0.15) is 12.6 Å². The Morgan fingerprint density at radius 3 is 2.61 bits per heavy atom. The van der Waals surface area contributed by atoms with E-state index in [4.69, 9.17) is 5.73 Å². The Bertz CT molecular complexity index is 563. The molecule has 0 bridgehead atoms. The molecule has 1 fully saturated rings. The highest BCUT2D eigenvalue weighted by Gasteiger charge is 2.39. The number of carbonyl (C=O) groups excluding carboxylic acids is 2. The van der Waals surface area contributed by atoms with E-state index in [9.17, 15) is 22.8 Å². The number of alkyl halides is 3. The molecule has 2 atom stereocenters. The Labute approximate surface area is 131 Å². The minimum absolute atomic E-state index is 0.0198. The van der Waals surface area contributed by atoms with Crippen LogP contribution in [0.2, 0.25) is 0 Å². The van der Waals surface area contributed by atoms with Gasteiger partial charge in [-0.2, -0.15) is 13.2 Å². The molecule has 1 aromatic carbocycles. The molecule has 0 spiro atoms. The van der Waals surface area contributed by atoms with Crippen molar-refractivity contribution in [2.45, 2.75) is 31.1 Å². The number of nitrogens with zero attached hydrogens (tertiary/aromatic N) is 1. The Balaban J connectivity index is 1.85. The number of halogens is 3. The molecular weight excluding hydrogens is 311 g/mol. The van der Waals surface area contributed by atoms with Crippen molar-refractivity contribution in [2.75, 3.05) is 13.1 Å². The van der Waals surface area contributed by atoms with Gasteiger partial charge < -0.3 is 16.0 Å². The summed E-state index contributed by atoms with van der Waals surface area (Å²) in [7, 11) is 0. The van der Waals surface area contributed by atoms with Crippen LogP contribution in [0, 0.1) is 0 Å². The molecule has 1 aliphatic heterocycles. The van der Waals surface area contributed by atoms with Crippen LogP contribution in [-0.2, 0) is 9.59 Å². The van der Waals surface area contributed by atoms with Crippen LogP contribution in [0.1, 0.15) is 24.4 Å². The SMILES string of the molecule is NC(CC(=O)NC1CCN(CC(F)(F)F)C1=O)c1ccccc1. The van der Waals surface area contributed by atoms with Crippen LogP contribution in [0.15, 0.2) is 30.3 Å². The molecule has 1 heterocycles. The number of likely N-dealkylation sites (tertiary alicyclic amines) is 1. The Morgan fingerprint density at radius 1 is 1.35 bits per heavy atom. The molecule has 0 saturated carbocycles. The summed E-state index contributed by atoms with van der Waals surface area (Å²) < 4.78 is 37.0. The van der Waals surface area contributed by atoms with Crippen molar-refractivity contribution in [1.82, 2.24) is 10.2 Å². The Hall–Kier alpha value is -2.09. The van der Waals surface area contributed by atoms with Crippen molar-refractivity contribution >= 4 is 11.8 Å². The summed E-state index contributed by atoms with van der Waals surface area (Å²) in [5, 5.41) is 2.47. The monoisotopic (exact) mass is 329 g/mol. The maximum absolute atomic E-state index is 12.3. The molecule has 23 heavy (non-hydrogen) atoms. The molecule has 3 N–H and O–H groups in total. The van der Waals surface area contributed by atoms with Gasteiger partial charge in [-0.1, -0.05) is 30.3 Å². The highest BCUT2D eigenvalue weighted by atomic mass is 19.4. The maximum Gasteiger partial charge on any atom is 0.406 e. The summed E-state index contributed by atoms with van der Waals surface area (Å²) in [6, 6.07) is 7.54. The molecular formula is C15H18F3N3O2. The topological polar surface area (TPSA) is 75.4 Å². The molecule has 2 unspecified atom stereocenters. The van der Waals surface area contributed by atoms with Crippen LogP contribution in [0.3, 0.4) is 0 Å². The van der Waals surface area contributed by atoms with E-state index in [1.807, 2.05) is 6.07 Å². The van der Waals surface area contributed by atoms with E-state index >= 15 is 0 Å². The minimum atomic E-state index is -4.44. The number of hydrogen-bond acceptors (Lipinski definition) is 3. The van der Waals surface area contributed by atoms with E-state index in [1.165, 1.54) is 0 Å². The lowest BCUT2D eigenvalue weighted by molar-refractivity contribution is -0.158. The predicted molar refractivity (Wildman–Crippen MR) is 77.2 cm³/mol. The second-order valence-electron chi connectivity index (χ2n) is 5.51. The van der Waals surface area contributed by atoms with Crippen molar-refractivity contribution in [3.63, 3.8) is 0 Å². The fourth-order valence-corrected chi connectivity index (χ4v) is 2.52. The number of carbonyl (C=O) groups is 2. The number of nitrogens with two attached hydrogens (primary N) is 1. The average molecular weight is 329 g/mol. The summed E-state index contributed by atoms with van der Waals surface area (Å²) >= 11 is 0. The largest absolute Gasteiger partial charge is 0.406 e. The molecule has 0 aliphatic carbocycles. The van der Waals surface area contributed by atoms with E-state index in [2.05, 4.69) is 5.32 Å². The lowest BCUT2D eigenvalue weighted by atomic mass is 10.0. The standard InChI is InChI=1S/C15H18F3N3O2/c16-15(17,18)9-21-7-6-12(14(21)23)20-13(22)8-11(19)10-4-2-1-3-5-10/h1-5,11-12H,6-9,19H2,(H,20,22). The highest BCUT2D eigenvalue weighted by Crippen LogP contribution is 2.21. The zero-order valence-electron chi connectivity index (χ0n) is 12.3. The molecule has 0 aromatic heterocycles. The summed E-state index contributed by atoms with van der Waals surface area (Å²) in [6.45, 7) is -1.31. The molecule has 1 aliphatic rings. The lowest BCUT2D eigenvalue weighted by Crippen LogP contribution is -2.44. The fourth-order valence-electron chi connectivity index (χ4n) is 2.52. The number of benzene rings is 1. The summed E-state index contributed by atoms with van der Waals surface area (Å²) in [4.78, 5) is 24.5. The van der Waals surface area contributed by atoms with Gasteiger partial charge in [-0.25, -0.2) is 0 Å². The molecule has 2 rings (SSSR count).